The molecule has 1 aromatic carbocycles. The number of fused-ring (bicyclic) bond motifs is 1. The van der Waals surface area contributed by atoms with E-state index in [0.717, 1.165) is 0 Å². The van der Waals surface area contributed by atoms with E-state index >= 15 is 0 Å². The van der Waals surface area contributed by atoms with E-state index in [0.29, 0.717) is 10.5 Å². The fraction of sp³-hybridized carbons (Fsp3) is 0.125. The molecule has 0 saturated carbocycles. The molecule has 0 aliphatic carbocycles. The molecule has 4 heteroatoms. The molecule has 0 bridgehead atoms. The maximum atomic E-state index is 11.4. The van der Waals surface area contributed by atoms with Crippen molar-refractivity contribution in [2.24, 2.45) is 4.99 Å². The Bertz CT molecular complexity index is 434. The Labute approximate surface area is 70.7 Å². The zero-order chi connectivity index (χ0) is 8.60. The minimum absolute atomic E-state index is 0.121. The zero-order valence-electron chi connectivity index (χ0n) is 6.27. The lowest BCUT2D eigenvalue weighted by atomic mass is 10.2. The average Bonchev–Trinajstić information content (AvgIpc) is 2.04. The number of hydrogen-bond acceptors (Lipinski definition) is 3. The molecule has 1 aromatic rings. The second kappa shape index (κ2) is 2.42. The van der Waals surface area contributed by atoms with Crippen LogP contribution in [0.2, 0.25) is 0 Å². The number of aliphatic imine (C=N–C) groups is 1. The van der Waals surface area contributed by atoms with Crippen LogP contribution in [0.1, 0.15) is 5.56 Å². The van der Waals surface area contributed by atoms with Crippen LogP contribution in [-0.4, -0.2) is 20.5 Å². The third kappa shape index (κ3) is 1.04. The van der Waals surface area contributed by atoms with Gasteiger partial charge in [0.25, 0.3) is 0 Å². The Balaban J connectivity index is 2.77. The highest BCUT2D eigenvalue weighted by atomic mass is 32.2. The van der Waals surface area contributed by atoms with Crippen molar-refractivity contribution in [2.45, 2.75) is 4.90 Å². The number of hydrogen-bond donors (Lipinski definition) is 0. The van der Waals surface area contributed by atoms with Gasteiger partial charge in [0.2, 0.25) is 0 Å². The molecule has 0 aromatic heterocycles. The molecule has 0 saturated heterocycles. The normalized spacial score (nSPS) is 18.7. The molecule has 1 heterocycles. The summed E-state index contributed by atoms with van der Waals surface area (Å²) in [5, 5.41) is 0. The lowest BCUT2D eigenvalue weighted by molar-refractivity contribution is 0.595. The second-order valence-electron chi connectivity index (χ2n) is 2.59. The van der Waals surface area contributed by atoms with Gasteiger partial charge < -0.3 is 0 Å². The summed E-state index contributed by atoms with van der Waals surface area (Å²) in [5.41, 5.74) is 0.684. The molecule has 0 unspecified atom stereocenters. The van der Waals surface area contributed by atoms with Crippen molar-refractivity contribution in [1.82, 2.24) is 0 Å². The third-order valence-electron chi connectivity index (χ3n) is 1.73. The van der Waals surface area contributed by atoms with E-state index in [1.165, 1.54) is 0 Å². The van der Waals surface area contributed by atoms with E-state index in [-0.39, 0.29) is 5.88 Å². The van der Waals surface area contributed by atoms with Gasteiger partial charge in [-0.1, -0.05) is 18.2 Å². The molecule has 1 aliphatic heterocycles. The van der Waals surface area contributed by atoms with E-state index < -0.39 is 9.84 Å². The van der Waals surface area contributed by atoms with Crippen LogP contribution < -0.4 is 0 Å². The van der Waals surface area contributed by atoms with Crippen LogP contribution in [0.3, 0.4) is 0 Å². The van der Waals surface area contributed by atoms with Gasteiger partial charge in [-0.25, -0.2) is 8.42 Å². The van der Waals surface area contributed by atoms with Gasteiger partial charge in [0, 0.05) is 11.8 Å². The summed E-state index contributed by atoms with van der Waals surface area (Å²) in [4.78, 5) is 4.15. The Morgan fingerprint density at radius 2 is 2.00 bits per heavy atom. The van der Waals surface area contributed by atoms with E-state index in [1.807, 2.05) is 0 Å². The third-order valence-corrected chi connectivity index (χ3v) is 3.26. The van der Waals surface area contributed by atoms with Crippen LogP contribution >= 0.6 is 0 Å². The Morgan fingerprint density at radius 1 is 1.25 bits per heavy atom. The van der Waals surface area contributed by atoms with Crippen LogP contribution in [-0.2, 0) is 9.84 Å². The fourth-order valence-electron chi connectivity index (χ4n) is 1.17. The lowest BCUT2D eigenvalue weighted by Crippen LogP contribution is -2.12. The molecule has 12 heavy (non-hydrogen) atoms. The summed E-state index contributed by atoms with van der Waals surface area (Å²) >= 11 is 0. The summed E-state index contributed by atoms with van der Waals surface area (Å²) in [5.74, 6) is -0.121. The van der Waals surface area contributed by atoms with Crippen molar-refractivity contribution in [3.05, 3.63) is 29.8 Å². The van der Waals surface area contributed by atoms with E-state index in [2.05, 4.69) is 4.99 Å². The first-order valence-corrected chi connectivity index (χ1v) is 5.17. The van der Waals surface area contributed by atoms with E-state index in [1.54, 1.807) is 30.5 Å². The van der Waals surface area contributed by atoms with Crippen molar-refractivity contribution in [1.29, 1.82) is 0 Å². The predicted octanol–water partition coefficient (Wildman–Crippen LogP) is 0.850. The van der Waals surface area contributed by atoms with Crippen LogP contribution in [0, 0.1) is 0 Å². The van der Waals surface area contributed by atoms with Gasteiger partial charge in [-0.3, -0.25) is 4.99 Å². The van der Waals surface area contributed by atoms with Gasteiger partial charge in [-0.15, -0.1) is 0 Å². The number of benzene rings is 1. The molecule has 0 amide bonds. The second-order valence-corrected chi connectivity index (χ2v) is 4.52. The molecular weight excluding hydrogens is 174 g/mol. The van der Waals surface area contributed by atoms with Gasteiger partial charge in [-0.05, 0) is 6.07 Å². The molecule has 1 aliphatic rings. The molecule has 0 radical (unpaired) electrons. The molecule has 3 nitrogen and oxygen atoms in total. The molecule has 0 fully saturated rings. The first kappa shape index (κ1) is 7.49. The van der Waals surface area contributed by atoms with E-state index in [4.69, 9.17) is 0 Å². The molecular formula is C8H7NO2S. The Hall–Kier alpha value is -1.16. The number of nitrogens with zero attached hydrogens (tertiary/aromatic N) is 1. The topological polar surface area (TPSA) is 46.5 Å². The van der Waals surface area contributed by atoms with Gasteiger partial charge in [0.05, 0.1) is 4.90 Å². The Kier molecular flexibility index (Phi) is 1.51. The predicted molar refractivity (Wildman–Crippen MR) is 46.1 cm³/mol. The summed E-state index contributed by atoms with van der Waals surface area (Å²) in [7, 11) is -3.14. The molecule has 62 valence electrons. The molecule has 0 atom stereocenters. The maximum Gasteiger partial charge on any atom is 0.199 e. The summed E-state index contributed by atoms with van der Waals surface area (Å²) in [6.07, 6.45) is 1.59. The molecule has 0 N–H and O–H groups in total. The minimum Gasteiger partial charge on any atom is -0.276 e. The zero-order valence-corrected chi connectivity index (χ0v) is 7.08. The van der Waals surface area contributed by atoms with Crippen molar-refractivity contribution in [2.75, 3.05) is 5.88 Å². The lowest BCUT2D eigenvalue weighted by Gasteiger charge is -2.08. The SMILES string of the molecule is O=S1(=O)CN=Cc2ccccc21. The quantitative estimate of drug-likeness (QED) is 0.595. The smallest absolute Gasteiger partial charge is 0.199 e. The van der Waals surface area contributed by atoms with Crippen LogP contribution in [0.25, 0.3) is 0 Å². The van der Waals surface area contributed by atoms with Crippen LogP contribution in [0.4, 0.5) is 0 Å². The van der Waals surface area contributed by atoms with Crippen LogP contribution in [0.5, 0.6) is 0 Å². The minimum atomic E-state index is -3.14. The summed E-state index contributed by atoms with van der Waals surface area (Å²) in [6.45, 7) is 0. The van der Waals surface area contributed by atoms with Crippen molar-refractivity contribution in [3.63, 3.8) is 0 Å². The highest BCUT2D eigenvalue weighted by Crippen LogP contribution is 2.18. The van der Waals surface area contributed by atoms with Crippen molar-refractivity contribution in [3.8, 4) is 0 Å². The van der Waals surface area contributed by atoms with Crippen molar-refractivity contribution >= 4 is 16.1 Å². The first-order valence-electron chi connectivity index (χ1n) is 3.52. The highest BCUT2D eigenvalue weighted by molar-refractivity contribution is 7.91. The largest absolute Gasteiger partial charge is 0.276 e. The van der Waals surface area contributed by atoms with Crippen LogP contribution in [0.15, 0.2) is 34.2 Å². The first-order chi connectivity index (χ1) is 5.70. The van der Waals surface area contributed by atoms with E-state index in [9.17, 15) is 8.42 Å². The summed E-state index contributed by atoms with van der Waals surface area (Å²) < 4.78 is 22.7. The molecule has 0 spiro atoms. The summed E-state index contributed by atoms with van der Waals surface area (Å²) in [6, 6.07) is 6.87. The van der Waals surface area contributed by atoms with Crippen molar-refractivity contribution < 1.29 is 8.42 Å². The Morgan fingerprint density at radius 3 is 2.75 bits per heavy atom. The van der Waals surface area contributed by atoms with Gasteiger partial charge >= 0.3 is 0 Å². The monoisotopic (exact) mass is 181 g/mol. The molecule has 2 rings (SSSR count). The van der Waals surface area contributed by atoms with Gasteiger partial charge in [0.1, 0.15) is 5.88 Å². The number of rotatable bonds is 0. The number of sulfone groups is 1. The average molecular weight is 181 g/mol. The maximum absolute atomic E-state index is 11.4. The highest BCUT2D eigenvalue weighted by Gasteiger charge is 2.19. The standard InChI is InChI=1S/C8H7NO2S/c10-12(11)6-9-5-7-3-1-2-4-8(7)12/h1-5H,6H2. The van der Waals surface area contributed by atoms with Gasteiger partial charge in [-0.2, -0.15) is 0 Å². The fourth-order valence-corrected chi connectivity index (χ4v) is 2.35. The van der Waals surface area contributed by atoms with Gasteiger partial charge in [0.15, 0.2) is 9.84 Å².